The molecular formula is C21H18N4O. The van der Waals surface area contributed by atoms with Crippen LogP contribution in [0, 0.1) is 0 Å². The van der Waals surface area contributed by atoms with Gasteiger partial charge in [-0.2, -0.15) is 5.10 Å². The molecule has 0 saturated carbocycles. The molecule has 0 unspecified atom stereocenters. The van der Waals surface area contributed by atoms with E-state index < -0.39 is 0 Å². The SMILES string of the molecule is CCn1c2ccccc2c2cc(/C=N\NC(=O)c3ccccn3)ccc21. The van der Waals surface area contributed by atoms with Gasteiger partial charge in [0.05, 0.1) is 6.21 Å². The van der Waals surface area contributed by atoms with E-state index >= 15 is 0 Å². The van der Waals surface area contributed by atoms with E-state index in [0.717, 1.165) is 12.1 Å². The van der Waals surface area contributed by atoms with Gasteiger partial charge in [0.1, 0.15) is 5.69 Å². The number of nitrogens with one attached hydrogen (secondary N) is 1. The Balaban J connectivity index is 1.63. The molecule has 2 heterocycles. The van der Waals surface area contributed by atoms with Crippen LogP contribution in [0.3, 0.4) is 0 Å². The zero-order valence-electron chi connectivity index (χ0n) is 14.4. The third-order valence-electron chi connectivity index (χ3n) is 4.39. The number of fused-ring (bicyclic) bond motifs is 3. The maximum atomic E-state index is 12.0. The summed E-state index contributed by atoms with van der Waals surface area (Å²) in [6, 6.07) is 19.8. The second kappa shape index (κ2) is 6.80. The van der Waals surface area contributed by atoms with Crippen molar-refractivity contribution in [1.29, 1.82) is 0 Å². The molecule has 0 aliphatic carbocycles. The van der Waals surface area contributed by atoms with Gasteiger partial charge in [0.15, 0.2) is 0 Å². The van der Waals surface area contributed by atoms with Crippen molar-refractivity contribution in [2.24, 2.45) is 5.10 Å². The van der Waals surface area contributed by atoms with Crippen LogP contribution in [0.1, 0.15) is 23.0 Å². The Morgan fingerprint density at radius 2 is 1.88 bits per heavy atom. The van der Waals surface area contributed by atoms with Crippen molar-refractivity contribution in [3.8, 4) is 0 Å². The number of hydrogen-bond donors (Lipinski definition) is 1. The van der Waals surface area contributed by atoms with E-state index in [2.05, 4.69) is 63.4 Å². The largest absolute Gasteiger partial charge is 0.341 e. The van der Waals surface area contributed by atoms with E-state index in [0.29, 0.717) is 5.69 Å². The summed E-state index contributed by atoms with van der Waals surface area (Å²) >= 11 is 0. The number of para-hydroxylation sites is 1. The molecule has 128 valence electrons. The first-order chi connectivity index (χ1) is 12.8. The third-order valence-corrected chi connectivity index (χ3v) is 4.39. The molecule has 0 aliphatic heterocycles. The highest BCUT2D eigenvalue weighted by Crippen LogP contribution is 2.29. The highest BCUT2D eigenvalue weighted by atomic mass is 16.2. The predicted octanol–water partition coefficient (Wildman–Crippen LogP) is 3.97. The van der Waals surface area contributed by atoms with Gasteiger partial charge in [0.25, 0.3) is 5.91 Å². The number of rotatable bonds is 4. The average Bonchev–Trinajstić information content (AvgIpc) is 3.01. The number of pyridine rings is 1. The smallest absolute Gasteiger partial charge is 0.289 e. The lowest BCUT2D eigenvalue weighted by molar-refractivity contribution is 0.0950. The Bertz CT molecular complexity index is 1110. The van der Waals surface area contributed by atoms with E-state index in [1.54, 1.807) is 30.6 Å². The van der Waals surface area contributed by atoms with Gasteiger partial charge in [0.2, 0.25) is 0 Å². The van der Waals surface area contributed by atoms with Crippen LogP contribution < -0.4 is 5.43 Å². The van der Waals surface area contributed by atoms with Crippen LogP contribution in [0.25, 0.3) is 21.8 Å². The Hall–Kier alpha value is -3.47. The van der Waals surface area contributed by atoms with Crippen LogP contribution in [-0.4, -0.2) is 21.7 Å². The number of nitrogens with zero attached hydrogens (tertiary/aromatic N) is 3. The molecule has 4 aromatic rings. The van der Waals surface area contributed by atoms with Gasteiger partial charge in [-0.1, -0.05) is 30.3 Å². The van der Waals surface area contributed by atoms with Crippen molar-refractivity contribution in [2.45, 2.75) is 13.5 Å². The molecule has 1 amide bonds. The standard InChI is InChI=1S/C21H18N4O/c1-2-25-19-9-4-3-7-16(19)17-13-15(10-11-20(17)25)14-23-24-21(26)18-8-5-6-12-22-18/h3-14H,2H2,1H3,(H,24,26)/b23-14-. The lowest BCUT2D eigenvalue weighted by Crippen LogP contribution is -2.18. The second-order valence-corrected chi connectivity index (χ2v) is 5.95. The molecule has 26 heavy (non-hydrogen) atoms. The molecule has 0 atom stereocenters. The van der Waals surface area contributed by atoms with Crippen molar-refractivity contribution in [1.82, 2.24) is 15.0 Å². The molecule has 0 fully saturated rings. The fraction of sp³-hybridized carbons (Fsp3) is 0.0952. The van der Waals surface area contributed by atoms with Crippen LogP contribution in [0.15, 0.2) is 72.0 Å². The molecule has 0 saturated heterocycles. The number of aryl methyl sites for hydroxylation is 1. The van der Waals surface area contributed by atoms with Gasteiger partial charge in [-0.3, -0.25) is 9.78 Å². The predicted molar refractivity (Wildman–Crippen MR) is 104 cm³/mol. The fourth-order valence-corrected chi connectivity index (χ4v) is 3.21. The van der Waals surface area contributed by atoms with Crippen molar-refractivity contribution in [3.63, 3.8) is 0 Å². The highest BCUT2D eigenvalue weighted by Gasteiger charge is 2.09. The number of carbonyl (C=O) groups is 1. The lowest BCUT2D eigenvalue weighted by atomic mass is 10.1. The summed E-state index contributed by atoms with van der Waals surface area (Å²) < 4.78 is 2.30. The van der Waals surface area contributed by atoms with Crippen LogP contribution in [0.2, 0.25) is 0 Å². The number of carbonyl (C=O) groups excluding carboxylic acids is 1. The molecular weight excluding hydrogens is 324 g/mol. The highest BCUT2D eigenvalue weighted by molar-refractivity contribution is 6.09. The Morgan fingerprint density at radius 1 is 1.08 bits per heavy atom. The van der Waals surface area contributed by atoms with Crippen LogP contribution in [-0.2, 0) is 6.54 Å². The quantitative estimate of drug-likeness (QED) is 0.450. The molecule has 1 N–H and O–H groups in total. The second-order valence-electron chi connectivity index (χ2n) is 5.95. The molecule has 0 bridgehead atoms. The fourth-order valence-electron chi connectivity index (χ4n) is 3.21. The summed E-state index contributed by atoms with van der Waals surface area (Å²) in [6.07, 6.45) is 3.23. The van der Waals surface area contributed by atoms with Crippen molar-refractivity contribution < 1.29 is 4.79 Å². The maximum absolute atomic E-state index is 12.0. The van der Waals surface area contributed by atoms with E-state index in [-0.39, 0.29) is 5.91 Å². The third kappa shape index (κ3) is 2.84. The van der Waals surface area contributed by atoms with E-state index in [9.17, 15) is 4.79 Å². The van der Waals surface area contributed by atoms with E-state index in [1.165, 1.54) is 21.8 Å². The summed E-state index contributed by atoms with van der Waals surface area (Å²) in [6.45, 7) is 3.06. The van der Waals surface area contributed by atoms with E-state index in [1.807, 2.05) is 6.07 Å². The van der Waals surface area contributed by atoms with Gasteiger partial charge < -0.3 is 4.57 Å². The minimum absolute atomic E-state index is 0.328. The number of benzene rings is 2. The minimum atomic E-state index is -0.328. The van der Waals surface area contributed by atoms with Gasteiger partial charge in [-0.15, -0.1) is 0 Å². The molecule has 2 aromatic heterocycles. The number of aromatic nitrogens is 2. The summed E-state index contributed by atoms with van der Waals surface area (Å²) in [5.41, 5.74) is 6.20. The van der Waals surface area contributed by atoms with Crippen LogP contribution >= 0.6 is 0 Å². The molecule has 4 rings (SSSR count). The van der Waals surface area contributed by atoms with Crippen molar-refractivity contribution in [2.75, 3.05) is 0 Å². The van der Waals surface area contributed by atoms with Crippen molar-refractivity contribution in [3.05, 3.63) is 78.1 Å². The topological polar surface area (TPSA) is 59.3 Å². The molecule has 0 aliphatic rings. The molecule has 2 aromatic carbocycles. The van der Waals surface area contributed by atoms with Crippen LogP contribution in [0.4, 0.5) is 0 Å². The first kappa shape index (κ1) is 16.0. The van der Waals surface area contributed by atoms with Gasteiger partial charge in [-0.25, -0.2) is 5.43 Å². The Kier molecular flexibility index (Phi) is 4.19. The Morgan fingerprint density at radius 3 is 2.69 bits per heavy atom. The summed E-state index contributed by atoms with van der Waals surface area (Å²) in [5, 5.41) is 6.46. The first-order valence-electron chi connectivity index (χ1n) is 8.53. The molecule has 0 spiro atoms. The zero-order valence-corrected chi connectivity index (χ0v) is 14.4. The average molecular weight is 342 g/mol. The number of hydrogen-bond acceptors (Lipinski definition) is 3. The van der Waals surface area contributed by atoms with Crippen LogP contribution in [0.5, 0.6) is 0 Å². The molecule has 5 nitrogen and oxygen atoms in total. The zero-order chi connectivity index (χ0) is 17.9. The molecule has 5 heteroatoms. The lowest BCUT2D eigenvalue weighted by Gasteiger charge is -2.02. The van der Waals surface area contributed by atoms with Gasteiger partial charge in [0, 0.05) is 34.5 Å². The molecule has 0 radical (unpaired) electrons. The monoisotopic (exact) mass is 342 g/mol. The van der Waals surface area contributed by atoms with Gasteiger partial charge in [-0.05, 0) is 42.8 Å². The van der Waals surface area contributed by atoms with Crippen molar-refractivity contribution >= 4 is 33.9 Å². The number of amides is 1. The number of hydrazone groups is 1. The first-order valence-corrected chi connectivity index (χ1v) is 8.53. The normalized spacial score (nSPS) is 11.4. The minimum Gasteiger partial charge on any atom is -0.341 e. The Labute approximate surface area is 151 Å². The summed E-state index contributed by atoms with van der Waals surface area (Å²) in [5.74, 6) is -0.328. The summed E-state index contributed by atoms with van der Waals surface area (Å²) in [4.78, 5) is 16.0. The summed E-state index contributed by atoms with van der Waals surface area (Å²) in [7, 11) is 0. The van der Waals surface area contributed by atoms with E-state index in [4.69, 9.17) is 0 Å². The van der Waals surface area contributed by atoms with Gasteiger partial charge >= 0.3 is 0 Å². The maximum Gasteiger partial charge on any atom is 0.289 e.